The van der Waals surface area contributed by atoms with E-state index in [0.29, 0.717) is 0 Å². The molecule has 0 radical (unpaired) electrons. The average molecular weight is 841 g/mol. The van der Waals surface area contributed by atoms with E-state index in [1.165, 1.54) is 53.7 Å². The maximum atomic E-state index is 2.52. The molecule has 8 aromatic rings. The van der Waals surface area contributed by atoms with Gasteiger partial charge in [0.2, 0.25) is 0 Å². The molecule has 0 nitrogen and oxygen atoms in total. The van der Waals surface area contributed by atoms with E-state index in [1.54, 1.807) is 0 Å². The molecule has 8 aromatic carbocycles. The van der Waals surface area contributed by atoms with Crippen LogP contribution >= 0.6 is 48.5 Å². The fourth-order valence-electron chi connectivity index (χ4n) is 7.68. The van der Waals surface area contributed by atoms with Crippen molar-refractivity contribution in [1.29, 1.82) is 0 Å². The average Bonchev–Trinajstić information content (AvgIpc) is 3.21. The zero-order chi connectivity index (χ0) is 33.6. The van der Waals surface area contributed by atoms with Crippen LogP contribution in [0.1, 0.15) is 11.1 Å². The number of hydrogen-bond acceptors (Lipinski definition) is 0. The lowest BCUT2D eigenvalue weighted by atomic mass is 10.0. The van der Waals surface area contributed by atoms with Gasteiger partial charge in [-0.1, -0.05) is 133 Å². The van der Waals surface area contributed by atoms with E-state index < -0.39 is 14.5 Å². The van der Waals surface area contributed by atoms with Crippen LogP contribution in [0.4, 0.5) is 0 Å². The third-order valence-electron chi connectivity index (χ3n) is 10.1. The first-order valence-corrected chi connectivity index (χ1v) is 21.3. The highest BCUT2D eigenvalue weighted by Gasteiger charge is 2.49. The lowest BCUT2D eigenvalue weighted by molar-refractivity contribution is 1.27. The Labute approximate surface area is 330 Å². The lowest BCUT2D eigenvalue weighted by Crippen LogP contribution is -2.34. The Kier molecular flexibility index (Phi) is 12.4. The van der Waals surface area contributed by atoms with E-state index in [9.17, 15) is 0 Å². The minimum atomic E-state index is -2.15. The molecule has 0 amide bonds. The molecule has 0 bridgehead atoms. The highest BCUT2D eigenvalue weighted by atomic mass is 79.9. The van der Waals surface area contributed by atoms with Gasteiger partial charge in [0.05, 0.1) is 12.3 Å². The Bertz CT molecular complexity index is 1940. The molecule has 0 unspecified atom stereocenters. The lowest BCUT2D eigenvalue weighted by Gasteiger charge is -2.31. The van der Waals surface area contributed by atoms with Crippen molar-refractivity contribution in [2.75, 3.05) is 0 Å². The molecular formula is C48H42Br2P2+2. The quantitative estimate of drug-likeness (QED) is 0.120. The predicted molar refractivity (Wildman–Crippen MR) is 242 cm³/mol. The van der Waals surface area contributed by atoms with Crippen molar-refractivity contribution in [2.24, 2.45) is 0 Å². The van der Waals surface area contributed by atoms with Crippen molar-refractivity contribution in [1.82, 2.24) is 0 Å². The fourth-order valence-corrected chi connectivity index (χ4v) is 16.3. The van der Waals surface area contributed by atoms with Crippen LogP contribution in [-0.2, 0) is 12.3 Å². The van der Waals surface area contributed by atoms with Crippen LogP contribution in [0.2, 0.25) is 0 Å². The van der Waals surface area contributed by atoms with Gasteiger partial charge in [-0.3, -0.25) is 0 Å². The van der Waals surface area contributed by atoms with E-state index in [0.717, 1.165) is 12.3 Å². The summed E-state index contributed by atoms with van der Waals surface area (Å²) in [6.45, 7) is 0. The number of hydrogen-bond donors (Lipinski definition) is 0. The fraction of sp³-hybridized carbons (Fsp3) is 0.0417. The molecule has 0 fully saturated rings. The summed E-state index contributed by atoms with van der Waals surface area (Å²) in [5, 5.41) is 11.0. The molecule has 4 heteroatoms. The summed E-state index contributed by atoms with van der Waals surface area (Å²) >= 11 is 0. The van der Waals surface area contributed by atoms with Crippen LogP contribution < -0.4 is 31.8 Å². The monoisotopic (exact) mass is 838 g/mol. The summed E-state index contributed by atoms with van der Waals surface area (Å²) in [5.41, 5.74) is 2.86. The number of halogens is 2. The molecule has 0 N–H and O–H groups in total. The topological polar surface area (TPSA) is 0 Å². The normalized spacial score (nSPS) is 11.3. The van der Waals surface area contributed by atoms with Crippen molar-refractivity contribution >= 4 is 91.1 Å². The van der Waals surface area contributed by atoms with Crippen molar-refractivity contribution < 1.29 is 0 Å². The van der Waals surface area contributed by atoms with Gasteiger partial charge in [0.15, 0.2) is 0 Å². The number of benzene rings is 8. The molecule has 256 valence electrons. The second-order valence-corrected chi connectivity index (χ2v) is 19.9. The van der Waals surface area contributed by atoms with Gasteiger partial charge in [0.1, 0.15) is 46.4 Å². The molecule has 0 atom stereocenters. The van der Waals surface area contributed by atoms with Crippen molar-refractivity contribution in [2.45, 2.75) is 12.3 Å². The molecule has 0 aliphatic carbocycles. The van der Waals surface area contributed by atoms with Gasteiger partial charge < -0.3 is 0 Å². The molecule has 0 saturated heterocycles. The molecule has 0 spiro atoms. The molecule has 52 heavy (non-hydrogen) atoms. The molecule has 0 heterocycles. The van der Waals surface area contributed by atoms with Gasteiger partial charge in [-0.15, -0.1) is 34.0 Å². The smallest absolute Gasteiger partial charge is 0.114 e. The standard InChI is InChI=1S/C48H40P2.2BrH/c1-7-23-43(24-8-1)49(44-25-9-2-10-26-44,45-27-11-3-12-28-45)37-41-35-39-21-19-20-22-40(39)36-42(41)38-50(46-29-13-4-14-30-46,47-31-15-5-16-32-47)48-33-17-6-18-34-48;;/h1-36H,37-38H2;2*1H/q+2;;. The Morgan fingerprint density at radius 2 is 0.442 bits per heavy atom. The maximum absolute atomic E-state index is 2.52. The molecule has 0 saturated carbocycles. The Morgan fingerprint density at radius 1 is 0.250 bits per heavy atom. The van der Waals surface area contributed by atoms with Crippen molar-refractivity contribution in [3.05, 3.63) is 230 Å². The summed E-state index contributed by atoms with van der Waals surface area (Å²) in [6.07, 6.45) is 1.87. The summed E-state index contributed by atoms with van der Waals surface area (Å²) in [7, 11) is -4.30. The first-order valence-electron chi connectivity index (χ1n) is 17.4. The number of fused-ring (bicyclic) bond motifs is 1. The van der Waals surface area contributed by atoms with Gasteiger partial charge in [-0.05, 0) is 107 Å². The summed E-state index contributed by atoms with van der Waals surface area (Å²) < 4.78 is 0. The second kappa shape index (κ2) is 17.1. The first kappa shape index (κ1) is 37.6. The molecular weight excluding hydrogens is 798 g/mol. The van der Waals surface area contributed by atoms with E-state index in [-0.39, 0.29) is 34.0 Å². The third-order valence-corrected chi connectivity index (χ3v) is 18.8. The van der Waals surface area contributed by atoms with Crippen molar-refractivity contribution in [3.63, 3.8) is 0 Å². The van der Waals surface area contributed by atoms with Crippen molar-refractivity contribution in [3.8, 4) is 0 Å². The van der Waals surface area contributed by atoms with Crippen LogP contribution in [-0.4, -0.2) is 0 Å². The van der Waals surface area contributed by atoms with Crippen LogP contribution in [0.25, 0.3) is 10.8 Å². The number of rotatable bonds is 10. The van der Waals surface area contributed by atoms with Gasteiger partial charge in [0.25, 0.3) is 0 Å². The van der Waals surface area contributed by atoms with E-state index >= 15 is 0 Å². The first-order chi connectivity index (χ1) is 24.8. The summed E-state index contributed by atoms with van der Waals surface area (Å²) in [5.74, 6) is 0. The van der Waals surface area contributed by atoms with Gasteiger partial charge in [-0.2, -0.15) is 0 Å². The third kappa shape index (κ3) is 7.24. The summed E-state index contributed by atoms with van der Waals surface area (Å²) in [4.78, 5) is 0. The van der Waals surface area contributed by atoms with Gasteiger partial charge in [0, 0.05) is 0 Å². The predicted octanol–water partition coefficient (Wildman–Crippen LogP) is 11.0. The molecule has 0 aromatic heterocycles. The maximum Gasteiger partial charge on any atom is 0.116 e. The van der Waals surface area contributed by atoms with Crippen LogP contribution in [0.5, 0.6) is 0 Å². The zero-order valence-electron chi connectivity index (χ0n) is 28.9. The van der Waals surface area contributed by atoms with E-state index in [1.807, 2.05) is 0 Å². The van der Waals surface area contributed by atoms with Crippen LogP contribution in [0, 0.1) is 0 Å². The highest BCUT2D eigenvalue weighted by molar-refractivity contribution is 8.93. The Balaban J connectivity index is 0.00000232. The van der Waals surface area contributed by atoms with E-state index in [2.05, 4.69) is 218 Å². The van der Waals surface area contributed by atoms with Crippen LogP contribution in [0.15, 0.2) is 218 Å². The molecule has 8 rings (SSSR count). The van der Waals surface area contributed by atoms with Gasteiger partial charge in [-0.25, -0.2) is 0 Å². The molecule has 0 aliphatic rings. The van der Waals surface area contributed by atoms with Crippen LogP contribution in [0.3, 0.4) is 0 Å². The minimum Gasteiger partial charge on any atom is -0.114 e. The minimum absolute atomic E-state index is 0. The zero-order valence-corrected chi connectivity index (χ0v) is 34.1. The Hall–Kier alpha value is -4.16. The Morgan fingerprint density at radius 3 is 0.654 bits per heavy atom. The van der Waals surface area contributed by atoms with E-state index in [4.69, 9.17) is 0 Å². The van der Waals surface area contributed by atoms with Gasteiger partial charge >= 0.3 is 0 Å². The largest absolute Gasteiger partial charge is 0.116 e. The molecule has 0 aliphatic heterocycles. The second-order valence-electron chi connectivity index (χ2n) is 12.9. The highest BCUT2D eigenvalue weighted by Crippen LogP contribution is 2.62. The summed E-state index contributed by atoms with van der Waals surface area (Å²) in [6, 6.07) is 81.8. The SMILES string of the molecule is Br.Br.c1ccc([P+](Cc2cc3ccccc3cc2C[P+](c2ccccc2)(c2ccccc2)c2ccccc2)(c2ccccc2)c2ccccc2)cc1.